The Morgan fingerprint density at radius 2 is 1.92 bits per heavy atom. The van der Waals surface area contributed by atoms with Crippen molar-refractivity contribution >= 4 is 21.9 Å². The first-order chi connectivity index (χ1) is 11.8. The minimum atomic E-state index is -5.91. The predicted octanol–water partition coefficient (Wildman–Crippen LogP) is 3.77. The number of dihydropyridines is 1. The second-order valence-corrected chi connectivity index (χ2v) is 8.14. The van der Waals surface area contributed by atoms with E-state index in [0.29, 0.717) is 24.2 Å². The third-order valence-electron chi connectivity index (χ3n) is 3.41. The summed E-state index contributed by atoms with van der Waals surface area (Å²) in [6, 6.07) is -0.451. The first-order valence-electron chi connectivity index (χ1n) is 7.98. The van der Waals surface area contributed by atoms with Crippen LogP contribution in [0.25, 0.3) is 5.57 Å². The average molecular weight is 377 g/mol. The number of aromatic nitrogens is 1. The highest BCUT2D eigenvalue weighted by atomic mass is 32.2. The van der Waals surface area contributed by atoms with Crippen LogP contribution in [0.5, 0.6) is 5.75 Å². The summed E-state index contributed by atoms with van der Waals surface area (Å²) in [5.74, 6) is -0.704. The molecule has 1 aromatic rings. The van der Waals surface area contributed by atoms with Gasteiger partial charge in [0.1, 0.15) is 0 Å². The molecule has 0 radical (unpaired) electrons. The van der Waals surface area contributed by atoms with Crippen molar-refractivity contribution in [2.24, 2.45) is 4.99 Å². The fourth-order valence-electron chi connectivity index (χ4n) is 2.21. The lowest BCUT2D eigenvalue weighted by Crippen LogP contribution is -2.29. The number of allylic oxidation sites excluding steroid dienone is 1. The summed E-state index contributed by atoms with van der Waals surface area (Å²) in [6.45, 7) is 7.03. The molecular weight excluding hydrogens is 357 g/mol. The molecule has 0 saturated heterocycles. The number of rotatable bonds is 3. The quantitative estimate of drug-likeness (QED) is 0.594. The van der Waals surface area contributed by atoms with Gasteiger partial charge in [-0.3, -0.25) is 4.99 Å². The van der Waals surface area contributed by atoms with E-state index in [-0.39, 0.29) is 11.3 Å². The molecule has 5 nitrogen and oxygen atoms in total. The summed E-state index contributed by atoms with van der Waals surface area (Å²) in [4.78, 5) is 8.50. The highest BCUT2D eigenvalue weighted by Gasteiger charge is 2.49. The number of hydrogen-bond acceptors (Lipinski definition) is 5. The maximum atomic E-state index is 12.7. The topological polar surface area (TPSA) is 68.6 Å². The van der Waals surface area contributed by atoms with Crippen molar-refractivity contribution in [2.75, 3.05) is 6.54 Å². The number of nitrogens with zero attached hydrogens (tertiary/aromatic N) is 2. The molecule has 0 unspecified atom stereocenters. The third-order valence-corrected chi connectivity index (χ3v) is 4.36. The molecule has 1 aliphatic heterocycles. The van der Waals surface area contributed by atoms with Gasteiger partial charge >= 0.3 is 15.6 Å². The summed E-state index contributed by atoms with van der Waals surface area (Å²) >= 11 is 0. The van der Waals surface area contributed by atoms with Gasteiger partial charge in [-0.1, -0.05) is 26.8 Å². The Hall–Kier alpha value is -1.90. The zero-order chi connectivity index (χ0) is 19.9. The van der Waals surface area contributed by atoms with Crippen molar-refractivity contribution in [1.82, 2.24) is 4.98 Å². The molecule has 25 heavy (non-hydrogen) atoms. The van der Waals surface area contributed by atoms with Gasteiger partial charge in [0, 0.05) is 23.7 Å². The molecule has 0 spiro atoms. The Morgan fingerprint density at radius 3 is 2.40 bits per heavy atom. The van der Waals surface area contributed by atoms with Gasteiger partial charge in [-0.15, -0.1) is 0 Å². The van der Waals surface area contributed by atoms with Crippen LogP contribution in [0.4, 0.5) is 13.2 Å². The van der Waals surface area contributed by atoms with Crippen LogP contribution >= 0.6 is 0 Å². The number of halogens is 3. The van der Waals surface area contributed by atoms with Gasteiger partial charge in [0.15, 0.2) is 5.75 Å². The monoisotopic (exact) mass is 377 g/mol. The summed E-state index contributed by atoms with van der Waals surface area (Å²) in [5.41, 5.74) is -5.28. The highest BCUT2D eigenvalue weighted by Crippen LogP contribution is 2.36. The van der Waals surface area contributed by atoms with Crippen LogP contribution in [-0.2, 0) is 15.5 Å². The summed E-state index contributed by atoms with van der Waals surface area (Å²) in [6.07, 6.45) is 4.12. The smallest absolute Gasteiger partial charge is 0.374 e. The van der Waals surface area contributed by atoms with Crippen molar-refractivity contribution in [3.05, 3.63) is 29.1 Å². The minimum absolute atomic E-state index is 0.0456. The summed E-state index contributed by atoms with van der Waals surface area (Å²) in [7, 11) is -5.91. The number of pyridine rings is 1. The van der Waals surface area contributed by atoms with E-state index in [1.807, 2.05) is 6.08 Å². The zero-order valence-electron chi connectivity index (χ0n) is 15.2. The van der Waals surface area contributed by atoms with Crippen LogP contribution in [0, 0.1) is 6.92 Å². The molecule has 0 atom stereocenters. The molecule has 0 bridgehead atoms. The van der Waals surface area contributed by atoms with E-state index in [1.54, 1.807) is 27.0 Å². The van der Waals surface area contributed by atoms with Crippen LogP contribution in [0.1, 0.15) is 45.5 Å². The molecule has 0 saturated carbocycles. The molecule has 0 N–H and O–H groups in total. The van der Waals surface area contributed by atoms with E-state index in [1.165, 1.54) is 6.92 Å². The normalized spacial score (nSPS) is 16.4. The maximum Gasteiger partial charge on any atom is 0.534 e. The maximum absolute atomic E-state index is 12.7. The molecule has 0 aromatic carbocycles. The van der Waals surface area contributed by atoms with Gasteiger partial charge in [-0.2, -0.15) is 21.6 Å². The van der Waals surface area contributed by atoms with Crippen LogP contribution in [0.3, 0.4) is 0 Å². The number of hydrogen-bond donors (Lipinski definition) is 0. The van der Waals surface area contributed by atoms with Gasteiger partial charge < -0.3 is 4.18 Å². The Labute approximate surface area is 146 Å². The lowest BCUT2D eigenvalue weighted by Gasteiger charge is -2.23. The van der Waals surface area contributed by atoms with E-state index in [9.17, 15) is 21.6 Å². The predicted molar refractivity (Wildman–Crippen MR) is 89.2 cm³/mol. The molecule has 138 valence electrons. The van der Waals surface area contributed by atoms with Gasteiger partial charge in [-0.05, 0) is 25.0 Å². The first kappa shape index (κ1) is 17.9. The Bertz CT molecular complexity index is 885. The minimum Gasteiger partial charge on any atom is -0.374 e. The molecule has 0 aliphatic carbocycles. The second-order valence-electron chi connectivity index (χ2n) is 6.60. The largest absolute Gasteiger partial charge is 0.534 e. The zero-order valence-corrected chi connectivity index (χ0v) is 15.0. The van der Waals surface area contributed by atoms with Gasteiger partial charge in [0.05, 0.1) is 12.8 Å². The fourth-order valence-corrected chi connectivity index (χ4v) is 2.64. The summed E-state index contributed by atoms with van der Waals surface area (Å²) < 4.78 is 73.6. The highest BCUT2D eigenvalue weighted by molar-refractivity contribution is 7.88. The SMILES string of the molecule is [2H]c1c(C)c(C2=CCCN=C2)nc(C(C)(C)C)c1OS(=O)(=O)C(F)(F)F. The van der Waals surface area contributed by atoms with Crippen molar-refractivity contribution in [2.45, 2.75) is 45.0 Å². The molecule has 2 heterocycles. The second kappa shape index (κ2) is 6.44. The Balaban J connectivity index is 2.72. The third kappa shape index (κ3) is 4.20. The van der Waals surface area contributed by atoms with E-state index < -0.39 is 32.8 Å². The summed E-state index contributed by atoms with van der Waals surface area (Å²) in [5, 5.41) is 0. The van der Waals surface area contributed by atoms with E-state index in [0.717, 1.165) is 0 Å². The first-order valence-corrected chi connectivity index (χ1v) is 8.89. The molecule has 9 heteroatoms. The molecule has 2 rings (SSSR count). The van der Waals surface area contributed by atoms with Gasteiger partial charge in [0.25, 0.3) is 0 Å². The van der Waals surface area contributed by atoms with Crippen LogP contribution in [-0.4, -0.2) is 31.7 Å². The van der Waals surface area contributed by atoms with Gasteiger partial charge in [0.2, 0.25) is 0 Å². The lowest BCUT2D eigenvalue weighted by atomic mass is 9.89. The van der Waals surface area contributed by atoms with Crippen LogP contribution < -0.4 is 4.18 Å². The van der Waals surface area contributed by atoms with Gasteiger partial charge in [-0.25, -0.2) is 4.98 Å². The molecule has 0 fully saturated rings. The van der Waals surface area contributed by atoms with Crippen LogP contribution in [0.15, 0.2) is 17.1 Å². The number of aliphatic imine (C=N–C) groups is 1. The molecule has 1 aliphatic rings. The van der Waals surface area contributed by atoms with Crippen molar-refractivity contribution < 1.29 is 27.1 Å². The lowest BCUT2D eigenvalue weighted by molar-refractivity contribution is -0.0500. The van der Waals surface area contributed by atoms with E-state index in [4.69, 9.17) is 1.37 Å². The van der Waals surface area contributed by atoms with E-state index >= 15 is 0 Å². The Morgan fingerprint density at radius 1 is 1.28 bits per heavy atom. The van der Waals surface area contributed by atoms with E-state index in [2.05, 4.69) is 14.2 Å². The van der Waals surface area contributed by atoms with Crippen molar-refractivity contribution in [1.29, 1.82) is 0 Å². The molecule has 0 amide bonds. The fraction of sp³-hybridized carbons (Fsp3) is 0.500. The molecular formula is C16H19F3N2O3S. The standard InChI is InChI=1S/C16H19F3N2O3S/c1-10-8-12(24-25(22,23)16(17,18)19)14(15(2,3)4)21-13(10)11-6-5-7-20-9-11/h6,8-9H,5,7H2,1-4H3/i8D. The number of alkyl halides is 3. The Kier molecular flexibility index (Phi) is 4.61. The average Bonchev–Trinajstić information content (AvgIpc) is 2.50. The van der Waals surface area contributed by atoms with Crippen LogP contribution in [0.2, 0.25) is 0 Å². The molecule has 1 aromatic heterocycles. The van der Waals surface area contributed by atoms with Crippen molar-refractivity contribution in [3.8, 4) is 5.75 Å². The van der Waals surface area contributed by atoms with Crippen molar-refractivity contribution in [3.63, 3.8) is 0 Å².